The Kier molecular flexibility index (Phi) is 5.60. The van der Waals surface area contributed by atoms with Crippen LogP contribution >= 0.6 is 11.6 Å². The Balaban J connectivity index is 1.88. The highest BCUT2D eigenvalue weighted by Crippen LogP contribution is 2.23. The number of amides is 1. The lowest BCUT2D eigenvalue weighted by atomic mass is 10.2. The van der Waals surface area contributed by atoms with Crippen LogP contribution in [0.1, 0.15) is 29.6 Å². The third kappa shape index (κ3) is 4.06. The first kappa shape index (κ1) is 18.8. The molecule has 5 nitrogen and oxygen atoms in total. The second-order valence-electron chi connectivity index (χ2n) is 6.07. The average molecular weight is 397 g/mol. The SMILES string of the molecule is O=C(Nc1cccc(Cl)c1)c1cc(S(=O)(=O)N2CCCCC2)ccc1F. The Bertz CT molecular complexity index is 928. The van der Waals surface area contributed by atoms with Crippen LogP contribution in [0.3, 0.4) is 0 Å². The number of piperidine rings is 1. The normalized spacial score (nSPS) is 15.6. The number of hydrogen-bond acceptors (Lipinski definition) is 3. The van der Waals surface area contributed by atoms with Crippen molar-refractivity contribution >= 4 is 33.2 Å². The molecule has 0 radical (unpaired) electrons. The molecule has 26 heavy (non-hydrogen) atoms. The molecular weight excluding hydrogens is 379 g/mol. The molecule has 1 amide bonds. The van der Waals surface area contributed by atoms with Gasteiger partial charge < -0.3 is 5.32 Å². The summed E-state index contributed by atoms with van der Waals surface area (Å²) < 4.78 is 41.0. The monoisotopic (exact) mass is 396 g/mol. The van der Waals surface area contributed by atoms with Gasteiger partial charge in [0.1, 0.15) is 5.82 Å². The van der Waals surface area contributed by atoms with Crippen molar-refractivity contribution in [1.29, 1.82) is 0 Å². The number of carbonyl (C=O) groups excluding carboxylic acids is 1. The highest BCUT2D eigenvalue weighted by molar-refractivity contribution is 7.89. The maximum atomic E-state index is 14.1. The molecule has 3 rings (SSSR count). The standard InChI is InChI=1S/C18H18ClFN2O3S/c19-13-5-4-6-14(11-13)21-18(23)16-12-15(7-8-17(16)20)26(24,25)22-9-2-1-3-10-22/h4-8,11-12H,1-3,9-10H2,(H,21,23). The number of hydrogen-bond donors (Lipinski definition) is 1. The summed E-state index contributed by atoms with van der Waals surface area (Å²) in [6.45, 7) is 0.869. The lowest BCUT2D eigenvalue weighted by molar-refractivity contribution is 0.102. The average Bonchev–Trinajstić information content (AvgIpc) is 2.62. The number of halogens is 2. The molecular formula is C18H18ClFN2O3S. The van der Waals surface area contributed by atoms with Crippen LogP contribution in [-0.2, 0) is 10.0 Å². The van der Waals surface area contributed by atoms with Crippen molar-refractivity contribution < 1.29 is 17.6 Å². The first-order valence-corrected chi connectivity index (χ1v) is 10.1. The van der Waals surface area contributed by atoms with E-state index in [0.717, 1.165) is 31.4 Å². The van der Waals surface area contributed by atoms with Gasteiger partial charge in [-0.2, -0.15) is 4.31 Å². The number of sulfonamides is 1. The summed E-state index contributed by atoms with van der Waals surface area (Å²) in [5.41, 5.74) is 0.0641. The molecule has 0 bridgehead atoms. The van der Waals surface area contributed by atoms with Crippen LogP contribution in [-0.4, -0.2) is 31.7 Å². The summed E-state index contributed by atoms with van der Waals surface area (Å²) in [7, 11) is -3.75. The molecule has 1 N–H and O–H groups in total. The third-order valence-corrected chi connectivity index (χ3v) is 6.35. The van der Waals surface area contributed by atoms with Gasteiger partial charge in [0.15, 0.2) is 0 Å². The molecule has 1 heterocycles. The molecule has 138 valence electrons. The van der Waals surface area contributed by atoms with Gasteiger partial charge in [0.05, 0.1) is 10.5 Å². The molecule has 1 fully saturated rings. The van der Waals surface area contributed by atoms with Gasteiger partial charge >= 0.3 is 0 Å². The van der Waals surface area contributed by atoms with E-state index in [2.05, 4.69) is 5.32 Å². The van der Waals surface area contributed by atoms with Gasteiger partial charge in [-0.1, -0.05) is 24.1 Å². The Morgan fingerprint density at radius 3 is 2.50 bits per heavy atom. The Morgan fingerprint density at radius 1 is 1.08 bits per heavy atom. The minimum Gasteiger partial charge on any atom is -0.322 e. The number of carbonyl (C=O) groups is 1. The third-order valence-electron chi connectivity index (χ3n) is 4.22. The summed E-state index contributed by atoms with van der Waals surface area (Å²) in [6.07, 6.45) is 2.58. The molecule has 0 spiro atoms. The van der Waals surface area contributed by atoms with Crippen molar-refractivity contribution in [3.63, 3.8) is 0 Å². The largest absolute Gasteiger partial charge is 0.322 e. The van der Waals surface area contributed by atoms with Crippen LogP contribution in [0.15, 0.2) is 47.4 Å². The zero-order chi connectivity index (χ0) is 18.7. The maximum Gasteiger partial charge on any atom is 0.258 e. The zero-order valence-corrected chi connectivity index (χ0v) is 15.5. The first-order valence-electron chi connectivity index (χ1n) is 8.24. The number of benzene rings is 2. The van der Waals surface area contributed by atoms with Crippen molar-refractivity contribution in [3.8, 4) is 0 Å². The number of rotatable bonds is 4. The highest BCUT2D eigenvalue weighted by Gasteiger charge is 2.27. The molecule has 0 aromatic heterocycles. The highest BCUT2D eigenvalue weighted by atomic mass is 35.5. The second-order valence-corrected chi connectivity index (χ2v) is 8.45. The molecule has 1 aliphatic heterocycles. The van der Waals surface area contributed by atoms with Crippen molar-refractivity contribution in [1.82, 2.24) is 4.31 Å². The Morgan fingerprint density at radius 2 is 1.81 bits per heavy atom. The van der Waals surface area contributed by atoms with E-state index >= 15 is 0 Å². The lowest BCUT2D eigenvalue weighted by Gasteiger charge is -2.26. The summed E-state index contributed by atoms with van der Waals surface area (Å²) in [5.74, 6) is -1.53. The second kappa shape index (κ2) is 7.73. The quantitative estimate of drug-likeness (QED) is 0.852. The summed E-state index contributed by atoms with van der Waals surface area (Å²) >= 11 is 5.87. The van der Waals surface area contributed by atoms with Gasteiger partial charge in [0.2, 0.25) is 10.0 Å². The van der Waals surface area contributed by atoms with Crippen molar-refractivity contribution in [2.45, 2.75) is 24.2 Å². The van der Waals surface area contributed by atoms with Gasteiger partial charge in [0.25, 0.3) is 5.91 Å². The summed E-state index contributed by atoms with van der Waals surface area (Å²) in [6, 6.07) is 9.69. The van der Waals surface area contributed by atoms with Gasteiger partial charge in [-0.15, -0.1) is 0 Å². The maximum absolute atomic E-state index is 14.1. The topological polar surface area (TPSA) is 66.5 Å². The van der Waals surface area contributed by atoms with Crippen LogP contribution in [0.5, 0.6) is 0 Å². The Labute approximate surface area is 156 Å². The molecule has 1 aliphatic rings. The van der Waals surface area contributed by atoms with E-state index in [1.807, 2.05) is 0 Å². The lowest BCUT2D eigenvalue weighted by Crippen LogP contribution is -2.35. The predicted octanol–water partition coefficient (Wildman–Crippen LogP) is 3.91. The zero-order valence-electron chi connectivity index (χ0n) is 13.9. The van der Waals surface area contributed by atoms with E-state index in [9.17, 15) is 17.6 Å². The molecule has 0 aliphatic carbocycles. The predicted molar refractivity (Wildman–Crippen MR) is 98.4 cm³/mol. The van der Waals surface area contributed by atoms with E-state index < -0.39 is 21.7 Å². The van der Waals surface area contributed by atoms with Crippen LogP contribution in [0.4, 0.5) is 10.1 Å². The molecule has 0 atom stereocenters. The van der Waals surface area contributed by atoms with E-state index in [1.165, 1.54) is 16.4 Å². The van der Waals surface area contributed by atoms with Crippen LogP contribution in [0.25, 0.3) is 0 Å². The minimum absolute atomic E-state index is 0.0861. The van der Waals surface area contributed by atoms with Crippen molar-refractivity contribution in [2.24, 2.45) is 0 Å². The van der Waals surface area contributed by atoms with Gasteiger partial charge in [0, 0.05) is 23.8 Å². The summed E-state index contributed by atoms with van der Waals surface area (Å²) in [5, 5.41) is 2.95. The van der Waals surface area contributed by atoms with E-state index in [1.54, 1.807) is 18.2 Å². The molecule has 1 saturated heterocycles. The number of nitrogens with one attached hydrogen (secondary N) is 1. The molecule has 8 heteroatoms. The molecule has 2 aromatic carbocycles. The fourth-order valence-corrected chi connectivity index (χ4v) is 4.59. The number of anilines is 1. The fraction of sp³-hybridized carbons (Fsp3) is 0.278. The van der Waals surface area contributed by atoms with Crippen LogP contribution in [0.2, 0.25) is 5.02 Å². The van der Waals surface area contributed by atoms with E-state index in [0.29, 0.717) is 23.8 Å². The molecule has 2 aromatic rings. The smallest absolute Gasteiger partial charge is 0.258 e. The van der Waals surface area contributed by atoms with Crippen molar-refractivity contribution in [2.75, 3.05) is 18.4 Å². The first-order chi connectivity index (χ1) is 12.4. The molecule has 0 unspecified atom stereocenters. The van der Waals surface area contributed by atoms with E-state index in [4.69, 9.17) is 11.6 Å². The van der Waals surface area contributed by atoms with E-state index in [-0.39, 0.29) is 10.5 Å². The summed E-state index contributed by atoms with van der Waals surface area (Å²) in [4.78, 5) is 12.3. The van der Waals surface area contributed by atoms with Gasteiger partial charge in [-0.05, 0) is 49.2 Å². The Hall–Kier alpha value is -1.96. The minimum atomic E-state index is -3.75. The number of nitrogens with zero attached hydrogens (tertiary/aromatic N) is 1. The van der Waals surface area contributed by atoms with Gasteiger partial charge in [-0.25, -0.2) is 12.8 Å². The fourth-order valence-electron chi connectivity index (χ4n) is 2.86. The molecule has 0 saturated carbocycles. The van der Waals surface area contributed by atoms with Crippen LogP contribution < -0.4 is 5.32 Å². The van der Waals surface area contributed by atoms with Crippen LogP contribution in [0, 0.1) is 5.82 Å². The van der Waals surface area contributed by atoms with Gasteiger partial charge in [-0.3, -0.25) is 4.79 Å². The van der Waals surface area contributed by atoms with Crippen molar-refractivity contribution in [3.05, 3.63) is 58.9 Å².